The van der Waals surface area contributed by atoms with Crippen molar-refractivity contribution in [1.82, 2.24) is 15.3 Å². The van der Waals surface area contributed by atoms with E-state index in [0.29, 0.717) is 5.82 Å². The van der Waals surface area contributed by atoms with Crippen LogP contribution in [0.4, 0.5) is 5.82 Å². The van der Waals surface area contributed by atoms with Gasteiger partial charge < -0.3 is 10.2 Å². The maximum atomic E-state index is 4.73. The molecule has 0 aliphatic carbocycles. The molecule has 2 rings (SSSR count). The van der Waals surface area contributed by atoms with Gasteiger partial charge in [-0.25, -0.2) is 9.97 Å². The van der Waals surface area contributed by atoms with Crippen LogP contribution in [0.5, 0.6) is 0 Å². The minimum absolute atomic E-state index is 0.655. The molecule has 0 fully saturated rings. The number of aromatic nitrogens is 2. The number of rotatable bonds is 5. The Bertz CT molecular complexity index is 507. The van der Waals surface area contributed by atoms with Gasteiger partial charge in [-0.1, -0.05) is 19.8 Å². The minimum Gasteiger partial charge on any atom is -0.356 e. The monoisotopic (exact) mass is 272 g/mol. The third kappa shape index (κ3) is 3.29. The van der Waals surface area contributed by atoms with E-state index in [1.807, 2.05) is 6.92 Å². The van der Waals surface area contributed by atoms with Crippen LogP contribution in [0.15, 0.2) is 0 Å². The van der Waals surface area contributed by atoms with Crippen LogP contribution in [-0.2, 0) is 13.0 Å². The molecule has 0 saturated carbocycles. The first-order chi connectivity index (χ1) is 9.80. The molecule has 0 amide bonds. The van der Waals surface area contributed by atoms with E-state index in [0.717, 1.165) is 57.0 Å². The SMILES string of the molecule is CC#Cc1nc2c(c(N(CCC)CCC)n1)CCNC2. The topological polar surface area (TPSA) is 41.1 Å². The highest BCUT2D eigenvalue weighted by Crippen LogP contribution is 2.24. The van der Waals surface area contributed by atoms with Crippen LogP contribution in [0, 0.1) is 11.8 Å². The zero-order valence-electron chi connectivity index (χ0n) is 12.8. The van der Waals surface area contributed by atoms with Gasteiger partial charge in [0.05, 0.1) is 5.69 Å². The quantitative estimate of drug-likeness (QED) is 0.834. The fourth-order valence-corrected chi connectivity index (χ4v) is 2.63. The lowest BCUT2D eigenvalue weighted by atomic mass is 10.1. The molecule has 0 aromatic carbocycles. The predicted molar refractivity (Wildman–Crippen MR) is 82.8 cm³/mol. The fraction of sp³-hybridized carbons (Fsp3) is 0.625. The lowest BCUT2D eigenvalue weighted by Crippen LogP contribution is -2.32. The third-order valence-corrected chi connectivity index (χ3v) is 3.44. The molecule has 0 bridgehead atoms. The van der Waals surface area contributed by atoms with Gasteiger partial charge in [0.25, 0.3) is 0 Å². The second kappa shape index (κ2) is 7.25. The highest BCUT2D eigenvalue weighted by molar-refractivity contribution is 5.51. The van der Waals surface area contributed by atoms with Crippen LogP contribution < -0.4 is 10.2 Å². The van der Waals surface area contributed by atoms with Gasteiger partial charge in [-0.15, -0.1) is 0 Å². The zero-order valence-corrected chi connectivity index (χ0v) is 12.8. The van der Waals surface area contributed by atoms with E-state index >= 15 is 0 Å². The Kier molecular flexibility index (Phi) is 5.37. The van der Waals surface area contributed by atoms with E-state index in [1.165, 1.54) is 5.56 Å². The van der Waals surface area contributed by atoms with Gasteiger partial charge in [0.1, 0.15) is 5.82 Å². The summed E-state index contributed by atoms with van der Waals surface area (Å²) in [4.78, 5) is 11.7. The fourth-order valence-electron chi connectivity index (χ4n) is 2.63. The minimum atomic E-state index is 0.655. The molecule has 4 nitrogen and oxygen atoms in total. The lowest BCUT2D eigenvalue weighted by molar-refractivity contribution is 0.614. The zero-order chi connectivity index (χ0) is 14.4. The summed E-state index contributed by atoms with van der Waals surface area (Å²) in [5.41, 5.74) is 2.43. The number of anilines is 1. The number of nitrogens with one attached hydrogen (secondary N) is 1. The van der Waals surface area contributed by atoms with Crippen molar-refractivity contribution in [2.75, 3.05) is 24.5 Å². The molecule has 4 heteroatoms. The van der Waals surface area contributed by atoms with Crippen molar-refractivity contribution in [3.8, 4) is 11.8 Å². The van der Waals surface area contributed by atoms with Gasteiger partial charge in [-0.2, -0.15) is 0 Å². The van der Waals surface area contributed by atoms with E-state index in [-0.39, 0.29) is 0 Å². The highest BCUT2D eigenvalue weighted by Gasteiger charge is 2.20. The Hall–Kier alpha value is -1.60. The molecule has 0 saturated heterocycles. The van der Waals surface area contributed by atoms with Crippen molar-refractivity contribution in [2.45, 2.75) is 46.6 Å². The van der Waals surface area contributed by atoms with Gasteiger partial charge in [-0.3, -0.25) is 0 Å². The summed E-state index contributed by atoms with van der Waals surface area (Å²) < 4.78 is 0. The molecule has 20 heavy (non-hydrogen) atoms. The van der Waals surface area contributed by atoms with Crippen LogP contribution in [0.3, 0.4) is 0 Å². The standard InChI is InChI=1S/C16H24N4/c1-4-7-15-18-14-12-17-9-8-13(14)16(19-15)20(10-5-2)11-6-3/h17H,5-6,8-12H2,1-3H3. The summed E-state index contributed by atoms with van der Waals surface area (Å²) >= 11 is 0. The van der Waals surface area contributed by atoms with Crippen LogP contribution in [0.2, 0.25) is 0 Å². The van der Waals surface area contributed by atoms with E-state index in [2.05, 4.69) is 40.9 Å². The first-order valence-electron chi connectivity index (χ1n) is 7.58. The summed E-state index contributed by atoms with van der Waals surface area (Å²) in [6.45, 7) is 10.2. The molecule has 0 atom stereocenters. The summed E-state index contributed by atoms with van der Waals surface area (Å²) in [7, 11) is 0. The molecular formula is C16H24N4. The van der Waals surface area contributed by atoms with Crippen LogP contribution >= 0.6 is 0 Å². The van der Waals surface area contributed by atoms with Crippen LogP contribution in [0.25, 0.3) is 0 Å². The molecule has 0 radical (unpaired) electrons. The molecule has 2 heterocycles. The molecular weight excluding hydrogens is 248 g/mol. The normalized spacial score (nSPS) is 13.3. The predicted octanol–water partition coefficient (Wildman–Crippen LogP) is 2.12. The average molecular weight is 272 g/mol. The Morgan fingerprint density at radius 1 is 1.20 bits per heavy atom. The van der Waals surface area contributed by atoms with Gasteiger partial charge in [0.15, 0.2) is 0 Å². The number of nitrogens with zero attached hydrogens (tertiary/aromatic N) is 3. The van der Waals surface area contributed by atoms with Crippen molar-refractivity contribution in [3.05, 3.63) is 17.1 Å². The first-order valence-corrected chi connectivity index (χ1v) is 7.58. The molecule has 1 N–H and O–H groups in total. The number of fused-ring (bicyclic) bond motifs is 1. The lowest BCUT2D eigenvalue weighted by Gasteiger charge is -2.28. The smallest absolute Gasteiger partial charge is 0.207 e. The van der Waals surface area contributed by atoms with Crippen LogP contribution in [-0.4, -0.2) is 29.6 Å². The van der Waals surface area contributed by atoms with Gasteiger partial charge in [0.2, 0.25) is 5.82 Å². The number of hydrogen-bond acceptors (Lipinski definition) is 4. The Morgan fingerprint density at radius 3 is 2.60 bits per heavy atom. The molecule has 0 spiro atoms. The highest BCUT2D eigenvalue weighted by atomic mass is 15.2. The molecule has 108 valence electrons. The first kappa shape index (κ1) is 14.8. The Morgan fingerprint density at radius 2 is 1.95 bits per heavy atom. The third-order valence-electron chi connectivity index (χ3n) is 3.44. The van der Waals surface area contributed by atoms with Crippen molar-refractivity contribution in [3.63, 3.8) is 0 Å². The van der Waals surface area contributed by atoms with Crippen molar-refractivity contribution < 1.29 is 0 Å². The van der Waals surface area contributed by atoms with Gasteiger partial charge in [-0.05, 0) is 38.7 Å². The molecule has 1 aromatic heterocycles. The number of hydrogen-bond donors (Lipinski definition) is 1. The molecule has 1 aromatic rings. The van der Waals surface area contributed by atoms with Crippen molar-refractivity contribution >= 4 is 5.82 Å². The van der Waals surface area contributed by atoms with Crippen molar-refractivity contribution in [2.24, 2.45) is 0 Å². The summed E-state index contributed by atoms with van der Waals surface area (Å²) in [5, 5.41) is 3.38. The maximum Gasteiger partial charge on any atom is 0.207 e. The summed E-state index contributed by atoms with van der Waals surface area (Å²) in [6, 6.07) is 0. The molecule has 1 aliphatic rings. The maximum absolute atomic E-state index is 4.73. The van der Waals surface area contributed by atoms with E-state index in [1.54, 1.807) is 0 Å². The van der Waals surface area contributed by atoms with Gasteiger partial charge >= 0.3 is 0 Å². The molecule has 0 unspecified atom stereocenters. The second-order valence-electron chi connectivity index (χ2n) is 5.08. The van der Waals surface area contributed by atoms with Gasteiger partial charge in [0, 0.05) is 25.2 Å². The summed E-state index contributed by atoms with van der Waals surface area (Å²) in [6.07, 6.45) is 3.27. The largest absolute Gasteiger partial charge is 0.356 e. The van der Waals surface area contributed by atoms with E-state index in [9.17, 15) is 0 Å². The van der Waals surface area contributed by atoms with Crippen LogP contribution in [0.1, 0.15) is 50.7 Å². The molecule has 1 aliphatic heterocycles. The summed E-state index contributed by atoms with van der Waals surface area (Å²) in [5.74, 6) is 7.68. The Balaban J connectivity index is 2.46. The van der Waals surface area contributed by atoms with Crippen molar-refractivity contribution in [1.29, 1.82) is 0 Å². The Labute approximate surface area is 122 Å². The second-order valence-corrected chi connectivity index (χ2v) is 5.08. The van der Waals surface area contributed by atoms with E-state index in [4.69, 9.17) is 4.98 Å². The van der Waals surface area contributed by atoms with E-state index < -0.39 is 0 Å². The average Bonchev–Trinajstić information content (AvgIpc) is 2.46.